The van der Waals surface area contributed by atoms with E-state index in [9.17, 15) is 13.2 Å². The minimum atomic E-state index is -3.31. The molecule has 0 radical (unpaired) electrons. The largest absolute Gasteiger partial charge is 0.396 e. The van der Waals surface area contributed by atoms with E-state index in [4.69, 9.17) is 5.11 Å². The standard InChI is InChI=1S/C13H18N2O4S/c1-20(18,19)15-11-4-2-10(3-5-11)12(17)14-8-13(9-16)6-7-13/h2-5,15-16H,6-9H2,1H3,(H,14,17). The first-order chi connectivity index (χ1) is 9.34. The van der Waals surface area contributed by atoms with Gasteiger partial charge in [0, 0.05) is 23.2 Å². The predicted octanol–water partition coefficient (Wildman–Crippen LogP) is 0.560. The van der Waals surface area contributed by atoms with Crippen LogP contribution in [0.2, 0.25) is 0 Å². The average Bonchev–Trinajstić information content (AvgIpc) is 3.16. The summed E-state index contributed by atoms with van der Waals surface area (Å²) in [6, 6.07) is 6.19. The summed E-state index contributed by atoms with van der Waals surface area (Å²) in [5.41, 5.74) is 0.740. The van der Waals surface area contributed by atoms with E-state index in [2.05, 4.69) is 10.0 Å². The van der Waals surface area contributed by atoms with Gasteiger partial charge in [-0.2, -0.15) is 0 Å². The number of nitrogens with one attached hydrogen (secondary N) is 2. The first-order valence-corrected chi connectivity index (χ1v) is 8.20. The molecule has 110 valence electrons. The van der Waals surface area contributed by atoms with Crippen molar-refractivity contribution in [3.05, 3.63) is 29.8 Å². The van der Waals surface area contributed by atoms with Gasteiger partial charge in [-0.1, -0.05) is 0 Å². The molecule has 0 aliphatic heterocycles. The Bertz CT molecular complexity index is 591. The Balaban J connectivity index is 1.94. The molecular formula is C13H18N2O4S. The SMILES string of the molecule is CS(=O)(=O)Nc1ccc(C(=O)NCC2(CO)CC2)cc1. The fraction of sp³-hybridized carbons (Fsp3) is 0.462. The number of carbonyl (C=O) groups is 1. The molecule has 0 saturated heterocycles. The summed E-state index contributed by atoms with van der Waals surface area (Å²) in [5, 5.41) is 12.0. The Labute approximate surface area is 118 Å². The van der Waals surface area contributed by atoms with Gasteiger partial charge in [0.1, 0.15) is 0 Å². The molecule has 1 aliphatic rings. The Kier molecular flexibility index (Phi) is 4.01. The van der Waals surface area contributed by atoms with Crippen LogP contribution in [0.5, 0.6) is 0 Å². The number of benzene rings is 1. The van der Waals surface area contributed by atoms with Crippen LogP contribution < -0.4 is 10.0 Å². The van der Waals surface area contributed by atoms with Crippen LogP contribution in [0.15, 0.2) is 24.3 Å². The van der Waals surface area contributed by atoms with Gasteiger partial charge in [-0.05, 0) is 37.1 Å². The van der Waals surface area contributed by atoms with Gasteiger partial charge in [0.25, 0.3) is 5.91 Å². The van der Waals surface area contributed by atoms with Crippen LogP contribution >= 0.6 is 0 Å². The van der Waals surface area contributed by atoms with Crippen molar-refractivity contribution in [2.75, 3.05) is 24.1 Å². The summed E-state index contributed by atoms with van der Waals surface area (Å²) in [5.74, 6) is -0.226. The molecule has 0 aromatic heterocycles. The molecule has 1 fully saturated rings. The second-order valence-electron chi connectivity index (χ2n) is 5.29. The fourth-order valence-electron chi connectivity index (χ4n) is 1.84. The molecule has 0 atom stereocenters. The van der Waals surface area contributed by atoms with Gasteiger partial charge < -0.3 is 10.4 Å². The Morgan fingerprint density at radius 2 is 1.90 bits per heavy atom. The molecular weight excluding hydrogens is 280 g/mol. The smallest absolute Gasteiger partial charge is 0.251 e. The number of hydrogen-bond acceptors (Lipinski definition) is 4. The van der Waals surface area contributed by atoms with E-state index in [-0.39, 0.29) is 17.9 Å². The highest BCUT2D eigenvalue weighted by molar-refractivity contribution is 7.92. The maximum absolute atomic E-state index is 11.9. The summed E-state index contributed by atoms with van der Waals surface area (Å²) < 4.78 is 24.4. The molecule has 0 heterocycles. The van der Waals surface area contributed by atoms with Gasteiger partial charge in [0.05, 0.1) is 12.9 Å². The van der Waals surface area contributed by atoms with Crippen molar-refractivity contribution in [3.8, 4) is 0 Å². The molecule has 0 bridgehead atoms. The number of hydrogen-bond donors (Lipinski definition) is 3. The van der Waals surface area contributed by atoms with Crippen molar-refractivity contribution in [2.45, 2.75) is 12.8 Å². The van der Waals surface area contributed by atoms with Gasteiger partial charge in [0.15, 0.2) is 0 Å². The number of sulfonamides is 1. The van der Waals surface area contributed by atoms with E-state index in [1.54, 1.807) is 12.1 Å². The highest BCUT2D eigenvalue weighted by atomic mass is 32.2. The zero-order chi connectivity index (χ0) is 14.8. The third-order valence-electron chi connectivity index (χ3n) is 3.37. The van der Waals surface area contributed by atoms with Crippen LogP contribution in [0.25, 0.3) is 0 Å². The van der Waals surface area contributed by atoms with Crippen molar-refractivity contribution in [3.63, 3.8) is 0 Å². The number of aliphatic hydroxyl groups is 1. The first-order valence-electron chi connectivity index (χ1n) is 6.31. The van der Waals surface area contributed by atoms with Crippen LogP contribution in [-0.4, -0.2) is 38.8 Å². The van der Waals surface area contributed by atoms with Gasteiger partial charge in [-0.25, -0.2) is 8.42 Å². The lowest BCUT2D eigenvalue weighted by Crippen LogP contribution is -2.31. The molecule has 20 heavy (non-hydrogen) atoms. The minimum Gasteiger partial charge on any atom is -0.396 e. The van der Waals surface area contributed by atoms with Crippen LogP contribution in [0.4, 0.5) is 5.69 Å². The average molecular weight is 298 g/mol. The second kappa shape index (κ2) is 5.41. The van der Waals surface area contributed by atoms with E-state index < -0.39 is 10.0 Å². The zero-order valence-corrected chi connectivity index (χ0v) is 12.0. The Hall–Kier alpha value is -1.60. The predicted molar refractivity (Wildman–Crippen MR) is 76.0 cm³/mol. The fourth-order valence-corrected chi connectivity index (χ4v) is 2.41. The molecule has 1 aliphatic carbocycles. The van der Waals surface area contributed by atoms with Crippen LogP contribution in [-0.2, 0) is 10.0 Å². The molecule has 1 aromatic carbocycles. The maximum Gasteiger partial charge on any atom is 0.251 e. The Morgan fingerprint density at radius 3 is 2.35 bits per heavy atom. The highest BCUT2D eigenvalue weighted by Gasteiger charge is 2.42. The molecule has 0 unspecified atom stereocenters. The lowest BCUT2D eigenvalue weighted by atomic mass is 10.1. The number of carbonyl (C=O) groups excluding carboxylic acids is 1. The van der Waals surface area contributed by atoms with Crippen LogP contribution in [0.3, 0.4) is 0 Å². The van der Waals surface area contributed by atoms with E-state index in [0.717, 1.165) is 19.1 Å². The summed E-state index contributed by atoms with van der Waals surface area (Å²) in [7, 11) is -3.31. The highest BCUT2D eigenvalue weighted by Crippen LogP contribution is 2.44. The van der Waals surface area contributed by atoms with E-state index in [1.165, 1.54) is 12.1 Å². The number of rotatable bonds is 6. The van der Waals surface area contributed by atoms with Crippen molar-refractivity contribution >= 4 is 21.6 Å². The molecule has 0 spiro atoms. The number of anilines is 1. The first kappa shape index (κ1) is 14.8. The van der Waals surface area contributed by atoms with Crippen LogP contribution in [0.1, 0.15) is 23.2 Å². The summed E-state index contributed by atoms with van der Waals surface area (Å²) in [6.07, 6.45) is 2.93. The van der Waals surface area contributed by atoms with Gasteiger partial charge in [0.2, 0.25) is 10.0 Å². The third-order valence-corrected chi connectivity index (χ3v) is 3.97. The quantitative estimate of drug-likeness (QED) is 0.715. The third kappa shape index (κ3) is 3.94. The molecule has 3 N–H and O–H groups in total. The summed E-state index contributed by atoms with van der Waals surface area (Å²) in [4.78, 5) is 11.9. The van der Waals surface area contributed by atoms with Crippen molar-refractivity contribution in [1.29, 1.82) is 0 Å². The lowest BCUT2D eigenvalue weighted by Gasteiger charge is -2.13. The minimum absolute atomic E-state index is 0.0878. The topological polar surface area (TPSA) is 95.5 Å². The summed E-state index contributed by atoms with van der Waals surface area (Å²) in [6.45, 7) is 0.552. The number of aliphatic hydroxyl groups excluding tert-OH is 1. The van der Waals surface area contributed by atoms with E-state index in [0.29, 0.717) is 17.8 Å². The van der Waals surface area contributed by atoms with Crippen LogP contribution in [0, 0.1) is 5.41 Å². The molecule has 6 nitrogen and oxygen atoms in total. The van der Waals surface area contributed by atoms with Gasteiger partial charge in [-0.3, -0.25) is 9.52 Å². The molecule has 2 rings (SSSR count). The molecule has 1 amide bonds. The summed E-state index contributed by atoms with van der Waals surface area (Å²) >= 11 is 0. The zero-order valence-electron chi connectivity index (χ0n) is 11.2. The normalized spacial score (nSPS) is 16.5. The Morgan fingerprint density at radius 1 is 1.30 bits per heavy atom. The molecule has 1 saturated carbocycles. The maximum atomic E-state index is 11.9. The monoisotopic (exact) mass is 298 g/mol. The van der Waals surface area contributed by atoms with Crippen molar-refractivity contribution in [2.24, 2.45) is 5.41 Å². The number of amides is 1. The van der Waals surface area contributed by atoms with Crippen molar-refractivity contribution in [1.82, 2.24) is 5.32 Å². The molecule has 7 heteroatoms. The van der Waals surface area contributed by atoms with Gasteiger partial charge >= 0.3 is 0 Å². The van der Waals surface area contributed by atoms with E-state index in [1.807, 2.05) is 0 Å². The lowest BCUT2D eigenvalue weighted by molar-refractivity contribution is 0.0935. The second-order valence-corrected chi connectivity index (χ2v) is 7.04. The molecule has 1 aromatic rings. The van der Waals surface area contributed by atoms with Gasteiger partial charge in [-0.15, -0.1) is 0 Å². The van der Waals surface area contributed by atoms with E-state index >= 15 is 0 Å². The van der Waals surface area contributed by atoms with Crippen molar-refractivity contribution < 1.29 is 18.3 Å².